The van der Waals surface area contributed by atoms with Gasteiger partial charge in [0.1, 0.15) is 0 Å². The molecular weight excluding hydrogens is 271 g/mol. The molecule has 7 heteroatoms. The first-order chi connectivity index (χ1) is 8.90. The van der Waals surface area contributed by atoms with Gasteiger partial charge in [-0.25, -0.2) is 13.2 Å². The average Bonchev–Trinajstić information content (AvgIpc) is 2.39. The van der Waals surface area contributed by atoms with Crippen LogP contribution in [0.4, 0.5) is 22.0 Å². The Labute approximate surface area is 106 Å². The van der Waals surface area contributed by atoms with E-state index in [1.807, 2.05) is 6.92 Å². The van der Waals surface area contributed by atoms with Gasteiger partial charge in [0, 0.05) is 6.42 Å². The van der Waals surface area contributed by atoms with E-state index in [-0.39, 0.29) is 12.8 Å². The van der Waals surface area contributed by atoms with Crippen LogP contribution in [0.2, 0.25) is 0 Å². The van der Waals surface area contributed by atoms with Gasteiger partial charge in [0.15, 0.2) is 0 Å². The second-order valence-electron chi connectivity index (χ2n) is 3.61. The average molecular weight is 281 g/mol. The molecule has 0 saturated carbocycles. The topological polar surface area (TPSA) is 26.3 Å². The Morgan fingerprint density at radius 1 is 1.00 bits per heavy atom. The molecule has 1 rings (SSSR count). The molecule has 0 N–H and O–H groups in total. The lowest BCUT2D eigenvalue weighted by Gasteiger charge is -2.08. The summed E-state index contributed by atoms with van der Waals surface area (Å²) >= 11 is 0. The van der Waals surface area contributed by atoms with Crippen molar-refractivity contribution in [3.63, 3.8) is 0 Å². The van der Waals surface area contributed by atoms with Gasteiger partial charge in [0.05, 0.1) is 0 Å². The highest BCUT2D eigenvalue weighted by molar-refractivity contribution is 5.72. The third-order valence-corrected chi connectivity index (χ3v) is 2.23. The molecular formula is C12H10F5O2. The Kier molecular flexibility index (Phi) is 5.26. The summed E-state index contributed by atoms with van der Waals surface area (Å²) in [5.74, 6) is -13.6. The first-order valence-corrected chi connectivity index (χ1v) is 5.43. The second-order valence-corrected chi connectivity index (χ2v) is 3.61. The standard InChI is InChI=1S/C12H10F5O2/c1-2-3-4-5-6(18)19-12-10(16)8(14)7(13)9(15)11(12)17/h3H,2,4-5H2,1H3. The van der Waals surface area contributed by atoms with Crippen LogP contribution in [-0.2, 0) is 4.79 Å². The number of unbranched alkanes of at least 4 members (excludes halogenated alkanes) is 2. The highest BCUT2D eigenvalue weighted by atomic mass is 19.2. The van der Waals surface area contributed by atoms with Crippen molar-refractivity contribution in [2.24, 2.45) is 0 Å². The summed E-state index contributed by atoms with van der Waals surface area (Å²) in [6, 6.07) is 0. The molecule has 1 radical (unpaired) electrons. The van der Waals surface area contributed by atoms with Gasteiger partial charge in [-0.3, -0.25) is 4.79 Å². The molecule has 1 aromatic rings. The van der Waals surface area contributed by atoms with E-state index in [1.165, 1.54) is 0 Å². The van der Waals surface area contributed by atoms with Crippen LogP contribution in [0.15, 0.2) is 0 Å². The largest absolute Gasteiger partial charge is 0.420 e. The molecule has 105 valence electrons. The molecule has 2 nitrogen and oxygen atoms in total. The van der Waals surface area contributed by atoms with E-state index < -0.39 is 40.8 Å². The molecule has 0 aliphatic heterocycles. The second kappa shape index (κ2) is 6.49. The van der Waals surface area contributed by atoms with Crippen molar-refractivity contribution in [3.8, 4) is 5.75 Å². The Bertz CT molecular complexity index is 458. The molecule has 0 saturated heterocycles. The highest BCUT2D eigenvalue weighted by Crippen LogP contribution is 2.29. The molecule has 0 bridgehead atoms. The molecule has 0 heterocycles. The summed E-state index contributed by atoms with van der Waals surface area (Å²) in [6.45, 7) is 1.81. The molecule has 1 aromatic carbocycles. The van der Waals surface area contributed by atoms with Gasteiger partial charge in [-0.05, 0) is 12.8 Å². The third-order valence-electron chi connectivity index (χ3n) is 2.23. The van der Waals surface area contributed by atoms with Crippen molar-refractivity contribution in [3.05, 3.63) is 35.5 Å². The number of ether oxygens (including phenoxy) is 1. The zero-order valence-corrected chi connectivity index (χ0v) is 9.90. The van der Waals surface area contributed by atoms with Crippen LogP contribution in [0.3, 0.4) is 0 Å². The first-order valence-electron chi connectivity index (χ1n) is 5.43. The van der Waals surface area contributed by atoms with E-state index in [2.05, 4.69) is 4.74 Å². The molecule has 19 heavy (non-hydrogen) atoms. The number of halogens is 5. The lowest BCUT2D eigenvalue weighted by molar-refractivity contribution is -0.134. The zero-order chi connectivity index (χ0) is 14.6. The smallest absolute Gasteiger partial charge is 0.311 e. The van der Waals surface area contributed by atoms with Gasteiger partial charge in [-0.2, -0.15) is 8.78 Å². The van der Waals surface area contributed by atoms with E-state index in [9.17, 15) is 26.7 Å². The molecule has 0 atom stereocenters. The minimum atomic E-state index is -2.30. The highest BCUT2D eigenvalue weighted by Gasteiger charge is 2.28. The molecule has 0 unspecified atom stereocenters. The summed E-state index contributed by atoms with van der Waals surface area (Å²) in [4.78, 5) is 11.2. The quantitative estimate of drug-likeness (QED) is 0.205. The summed E-state index contributed by atoms with van der Waals surface area (Å²) in [5, 5.41) is 0. The number of hydrogen-bond acceptors (Lipinski definition) is 2. The van der Waals surface area contributed by atoms with Gasteiger partial charge in [-0.15, -0.1) is 0 Å². The number of rotatable bonds is 5. The molecule has 0 spiro atoms. The summed E-state index contributed by atoms with van der Waals surface area (Å²) in [5.41, 5.74) is 0. The molecule has 0 amide bonds. The fraction of sp³-hybridized carbons (Fsp3) is 0.333. The lowest BCUT2D eigenvalue weighted by Crippen LogP contribution is -2.13. The van der Waals surface area contributed by atoms with E-state index in [0.29, 0.717) is 6.42 Å². The molecule has 0 fully saturated rings. The van der Waals surface area contributed by atoms with Crippen LogP contribution in [-0.4, -0.2) is 5.97 Å². The predicted molar refractivity (Wildman–Crippen MR) is 55.7 cm³/mol. The van der Waals surface area contributed by atoms with Crippen molar-refractivity contribution in [1.82, 2.24) is 0 Å². The van der Waals surface area contributed by atoms with Crippen LogP contribution >= 0.6 is 0 Å². The maximum absolute atomic E-state index is 13.1. The van der Waals surface area contributed by atoms with Crippen molar-refractivity contribution < 1.29 is 31.5 Å². The number of benzene rings is 1. The van der Waals surface area contributed by atoms with Crippen LogP contribution in [0.25, 0.3) is 0 Å². The van der Waals surface area contributed by atoms with E-state index in [4.69, 9.17) is 0 Å². The molecule has 0 aliphatic carbocycles. The number of carbonyl (C=O) groups excluding carboxylic acids is 1. The Morgan fingerprint density at radius 2 is 1.47 bits per heavy atom. The summed E-state index contributed by atoms with van der Waals surface area (Å²) < 4.78 is 68.8. The number of hydrogen-bond donors (Lipinski definition) is 0. The van der Waals surface area contributed by atoms with E-state index in [0.717, 1.165) is 0 Å². The van der Waals surface area contributed by atoms with Gasteiger partial charge in [-0.1, -0.05) is 13.3 Å². The maximum atomic E-state index is 13.1. The van der Waals surface area contributed by atoms with Crippen molar-refractivity contribution in [2.75, 3.05) is 0 Å². The number of esters is 1. The van der Waals surface area contributed by atoms with Gasteiger partial charge < -0.3 is 4.74 Å². The van der Waals surface area contributed by atoms with Crippen LogP contribution in [0.1, 0.15) is 26.2 Å². The number of carbonyl (C=O) groups is 1. The lowest BCUT2D eigenvalue weighted by atomic mass is 10.2. The fourth-order valence-corrected chi connectivity index (χ4v) is 1.26. The van der Waals surface area contributed by atoms with Gasteiger partial charge in [0.2, 0.25) is 34.8 Å². The molecule has 0 aromatic heterocycles. The minimum Gasteiger partial charge on any atom is -0.420 e. The Hall–Kier alpha value is -1.66. The van der Waals surface area contributed by atoms with E-state index in [1.54, 1.807) is 6.42 Å². The normalized spacial score (nSPS) is 10.6. The SMILES string of the molecule is CC[CH]CCC(=O)Oc1c(F)c(F)c(F)c(F)c1F. The molecule has 0 aliphatic rings. The van der Waals surface area contributed by atoms with Crippen LogP contribution in [0.5, 0.6) is 5.75 Å². The van der Waals surface area contributed by atoms with Crippen molar-refractivity contribution in [1.29, 1.82) is 0 Å². The van der Waals surface area contributed by atoms with E-state index >= 15 is 0 Å². The monoisotopic (exact) mass is 281 g/mol. The Balaban J connectivity index is 2.93. The van der Waals surface area contributed by atoms with Gasteiger partial charge >= 0.3 is 5.97 Å². The predicted octanol–water partition coefficient (Wildman–Crippen LogP) is 3.68. The zero-order valence-electron chi connectivity index (χ0n) is 9.90. The summed E-state index contributed by atoms with van der Waals surface area (Å²) in [6.07, 6.45) is 2.45. The van der Waals surface area contributed by atoms with Gasteiger partial charge in [0.25, 0.3) is 0 Å². The third kappa shape index (κ3) is 3.42. The Morgan fingerprint density at radius 3 is 1.95 bits per heavy atom. The fourth-order valence-electron chi connectivity index (χ4n) is 1.26. The first kappa shape index (κ1) is 15.4. The van der Waals surface area contributed by atoms with Crippen molar-refractivity contribution in [2.45, 2.75) is 26.2 Å². The minimum absolute atomic E-state index is 0.215. The summed E-state index contributed by atoms with van der Waals surface area (Å²) in [7, 11) is 0. The van der Waals surface area contributed by atoms with Crippen LogP contribution in [0, 0.1) is 35.5 Å². The van der Waals surface area contributed by atoms with Crippen molar-refractivity contribution >= 4 is 5.97 Å². The van der Waals surface area contributed by atoms with Crippen LogP contribution < -0.4 is 4.74 Å². The maximum Gasteiger partial charge on any atom is 0.311 e.